The zero-order valence-electron chi connectivity index (χ0n) is 20.9. The van der Waals surface area contributed by atoms with Crippen LogP contribution < -0.4 is 9.47 Å². The summed E-state index contributed by atoms with van der Waals surface area (Å²) in [6, 6.07) is 23.0. The van der Waals surface area contributed by atoms with Crippen molar-refractivity contribution in [2.45, 2.75) is 61.5 Å². The van der Waals surface area contributed by atoms with Crippen molar-refractivity contribution >= 4 is 0 Å². The second kappa shape index (κ2) is 17.8. The van der Waals surface area contributed by atoms with Gasteiger partial charge in [-0.15, -0.1) is 0 Å². The van der Waals surface area contributed by atoms with Gasteiger partial charge in [0.05, 0.1) is 0 Å². The summed E-state index contributed by atoms with van der Waals surface area (Å²) in [7, 11) is 0. The topological polar surface area (TPSA) is 47.9 Å². The lowest BCUT2D eigenvalue weighted by molar-refractivity contribution is -0.270. The minimum absolute atomic E-state index is 0.125. The molecule has 0 aliphatic heterocycles. The van der Waals surface area contributed by atoms with Crippen LogP contribution in [0, 0.1) is 13.8 Å². The smallest absolute Gasteiger partial charge is 0.230 e. The summed E-state index contributed by atoms with van der Waals surface area (Å²) in [6.07, 6.45) is -0.534. The molecule has 0 aromatic heterocycles. The van der Waals surface area contributed by atoms with Crippen LogP contribution in [0.3, 0.4) is 0 Å². The zero-order valence-corrected chi connectivity index (χ0v) is 20.9. The minimum atomic E-state index is -0.534. The monoisotopic (exact) mass is 440 g/mol. The quantitative estimate of drug-likeness (QED) is 0.228. The Balaban J connectivity index is 0.00000148. The van der Waals surface area contributed by atoms with Gasteiger partial charge in [0.15, 0.2) is 0 Å². The Morgan fingerprint density at radius 2 is 0.875 bits per heavy atom. The van der Waals surface area contributed by atoms with Gasteiger partial charge < -0.3 is 9.47 Å². The van der Waals surface area contributed by atoms with E-state index in [-0.39, 0.29) is 6.79 Å². The second-order valence-corrected chi connectivity index (χ2v) is 6.18. The first-order chi connectivity index (χ1) is 15.7. The number of aryl methyl sites for hydroxylation is 2. The van der Waals surface area contributed by atoms with Gasteiger partial charge >= 0.3 is 0 Å². The molecule has 0 aliphatic carbocycles. The van der Waals surface area contributed by atoms with E-state index in [0.29, 0.717) is 5.75 Å². The fourth-order valence-corrected chi connectivity index (χ4v) is 2.59. The Hall–Kier alpha value is -2.82. The Kier molecular flexibility index (Phi) is 16.2. The maximum absolute atomic E-state index is 9.31. The average molecular weight is 441 g/mol. The first kappa shape index (κ1) is 29.2. The standard InChI is InChI=1S/C22H22O4.3C2H6/c1-16-3-7-18(8-4-16)22(26-23)19-9-13-21(14-10-19)25-15-24-20-11-5-17(2)6-12-20;3*1-2/h3-14,22-23H,15H2,1-2H3;3*1-2H3. The molecule has 1 N–H and O–H groups in total. The molecular weight excluding hydrogens is 400 g/mol. The number of benzene rings is 3. The zero-order chi connectivity index (χ0) is 24.4. The highest BCUT2D eigenvalue weighted by Crippen LogP contribution is 2.27. The van der Waals surface area contributed by atoms with Gasteiger partial charge in [0.1, 0.15) is 17.6 Å². The highest BCUT2D eigenvalue weighted by Gasteiger charge is 2.14. The maximum Gasteiger partial charge on any atom is 0.230 e. The van der Waals surface area contributed by atoms with Crippen LogP contribution in [-0.4, -0.2) is 12.1 Å². The first-order valence-electron chi connectivity index (χ1n) is 11.4. The summed E-state index contributed by atoms with van der Waals surface area (Å²) in [5, 5.41) is 9.31. The summed E-state index contributed by atoms with van der Waals surface area (Å²) in [6.45, 7) is 16.2. The van der Waals surface area contributed by atoms with Crippen LogP contribution in [0.4, 0.5) is 0 Å². The number of ether oxygens (including phenoxy) is 2. The third-order valence-corrected chi connectivity index (χ3v) is 4.14. The van der Waals surface area contributed by atoms with Crippen LogP contribution >= 0.6 is 0 Å². The maximum atomic E-state index is 9.31. The molecule has 0 saturated heterocycles. The lowest BCUT2D eigenvalue weighted by atomic mass is 10.0. The average Bonchev–Trinajstić information content (AvgIpc) is 2.87. The second-order valence-electron chi connectivity index (χ2n) is 6.18. The lowest BCUT2D eigenvalue weighted by Crippen LogP contribution is -2.06. The van der Waals surface area contributed by atoms with Crippen LogP contribution in [0.2, 0.25) is 0 Å². The molecule has 32 heavy (non-hydrogen) atoms. The third kappa shape index (κ3) is 9.99. The van der Waals surface area contributed by atoms with Crippen molar-refractivity contribution in [3.63, 3.8) is 0 Å². The summed E-state index contributed by atoms with van der Waals surface area (Å²) < 4.78 is 11.2. The Morgan fingerprint density at radius 1 is 0.562 bits per heavy atom. The van der Waals surface area contributed by atoms with Gasteiger partial charge in [0, 0.05) is 0 Å². The summed E-state index contributed by atoms with van der Waals surface area (Å²) in [5.74, 6) is 1.45. The van der Waals surface area contributed by atoms with Crippen LogP contribution in [0.5, 0.6) is 11.5 Å². The molecule has 0 fully saturated rings. The molecule has 3 aromatic rings. The summed E-state index contributed by atoms with van der Waals surface area (Å²) >= 11 is 0. The van der Waals surface area contributed by atoms with Gasteiger partial charge in [-0.25, -0.2) is 4.89 Å². The van der Waals surface area contributed by atoms with E-state index in [0.717, 1.165) is 22.4 Å². The van der Waals surface area contributed by atoms with Crippen molar-refractivity contribution in [1.82, 2.24) is 0 Å². The lowest BCUT2D eigenvalue weighted by Gasteiger charge is -2.15. The third-order valence-electron chi connectivity index (χ3n) is 4.14. The molecule has 1 atom stereocenters. The molecule has 3 rings (SSSR count). The molecule has 0 bridgehead atoms. The van der Waals surface area contributed by atoms with Crippen LogP contribution in [0.1, 0.15) is 69.9 Å². The van der Waals surface area contributed by atoms with Crippen LogP contribution in [-0.2, 0) is 4.89 Å². The highest BCUT2D eigenvalue weighted by molar-refractivity contribution is 5.35. The van der Waals surface area contributed by atoms with Gasteiger partial charge in [-0.1, -0.05) is 101 Å². The van der Waals surface area contributed by atoms with Crippen molar-refractivity contribution in [2.75, 3.05) is 6.79 Å². The predicted molar refractivity (Wildman–Crippen MR) is 135 cm³/mol. The molecule has 1 unspecified atom stereocenters. The Labute approximate surface area is 194 Å². The van der Waals surface area contributed by atoms with E-state index in [9.17, 15) is 5.26 Å². The van der Waals surface area contributed by atoms with Crippen molar-refractivity contribution < 1.29 is 19.6 Å². The van der Waals surface area contributed by atoms with Crippen LogP contribution in [0.25, 0.3) is 0 Å². The van der Waals surface area contributed by atoms with Gasteiger partial charge in [-0.2, -0.15) is 0 Å². The Bertz CT molecular complexity index is 810. The van der Waals surface area contributed by atoms with Crippen molar-refractivity contribution in [2.24, 2.45) is 0 Å². The highest BCUT2D eigenvalue weighted by atomic mass is 17.1. The van der Waals surface area contributed by atoms with E-state index in [1.165, 1.54) is 5.56 Å². The molecule has 0 heterocycles. The van der Waals surface area contributed by atoms with Gasteiger partial charge in [-0.05, 0) is 49.2 Å². The molecule has 4 nitrogen and oxygen atoms in total. The largest absolute Gasteiger partial charge is 0.458 e. The summed E-state index contributed by atoms with van der Waals surface area (Å²) in [5.41, 5.74) is 4.06. The van der Waals surface area contributed by atoms with Gasteiger partial charge in [0.2, 0.25) is 6.79 Å². The Morgan fingerprint density at radius 3 is 1.25 bits per heavy atom. The van der Waals surface area contributed by atoms with Crippen LogP contribution in [0.15, 0.2) is 72.8 Å². The van der Waals surface area contributed by atoms with Gasteiger partial charge in [-0.3, -0.25) is 5.26 Å². The fourth-order valence-electron chi connectivity index (χ4n) is 2.59. The van der Waals surface area contributed by atoms with E-state index in [2.05, 4.69) is 4.89 Å². The molecule has 0 spiro atoms. The number of hydrogen-bond acceptors (Lipinski definition) is 4. The fraction of sp³-hybridized carbons (Fsp3) is 0.357. The minimum Gasteiger partial charge on any atom is -0.458 e. The predicted octanol–water partition coefficient (Wildman–Crippen LogP) is 8.38. The SMILES string of the molecule is CC.CC.CC.Cc1ccc(OCOc2ccc(C(OO)c3ccc(C)cc3)cc2)cc1. The molecule has 0 amide bonds. The first-order valence-corrected chi connectivity index (χ1v) is 11.4. The van der Waals surface area contributed by atoms with Crippen molar-refractivity contribution in [3.05, 3.63) is 95.1 Å². The molecule has 4 heteroatoms. The van der Waals surface area contributed by atoms with Gasteiger partial charge in [0.25, 0.3) is 0 Å². The van der Waals surface area contributed by atoms with Crippen molar-refractivity contribution in [3.8, 4) is 11.5 Å². The molecule has 0 radical (unpaired) electrons. The molecule has 3 aromatic carbocycles. The van der Waals surface area contributed by atoms with E-state index < -0.39 is 6.10 Å². The summed E-state index contributed by atoms with van der Waals surface area (Å²) in [4.78, 5) is 4.69. The van der Waals surface area contributed by atoms with Crippen molar-refractivity contribution in [1.29, 1.82) is 0 Å². The number of hydrogen-bond donors (Lipinski definition) is 1. The molecule has 0 saturated carbocycles. The molecule has 176 valence electrons. The van der Waals surface area contributed by atoms with E-state index in [4.69, 9.17) is 9.47 Å². The normalized spacial score (nSPS) is 10.2. The van der Waals surface area contributed by atoms with E-state index in [1.807, 2.05) is 128 Å². The molecular formula is C28H40O4. The van der Waals surface area contributed by atoms with E-state index >= 15 is 0 Å². The van der Waals surface area contributed by atoms with E-state index in [1.54, 1.807) is 0 Å². The molecule has 0 aliphatic rings. The number of rotatable bonds is 7.